The zero-order chi connectivity index (χ0) is 14.8. The summed E-state index contributed by atoms with van der Waals surface area (Å²) in [5, 5.41) is 15.9. The second-order valence-corrected chi connectivity index (χ2v) is 6.18. The zero-order valence-electron chi connectivity index (χ0n) is 11.7. The molecule has 1 amide bonds. The Hall–Kier alpha value is -1.73. The lowest BCUT2D eigenvalue weighted by molar-refractivity contribution is 0.0655. The van der Waals surface area contributed by atoms with Crippen molar-refractivity contribution in [1.29, 1.82) is 0 Å². The van der Waals surface area contributed by atoms with Gasteiger partial charge in [0.2, 0.25) is 5.89 Å². The third kappa shape index (κ3) is 2.98. The van der Waals surface area contributed by atoms with E-state index in [0.717, 1.165) is 17.7 Å². The second kappa shape index (κ2) is 5.95. The topological polar surface area (TPSA) is 79.5 Å². The summed E-state index contributed by atoms with van der Waals surface area (Å²) in [6.07, 6.45) is 1.84. The van der Waals surface area contributed by atoms with Crippen LogP contribution >= 0.6 is 11.3 Å². The molecule has 2 aromatic heterocycles. The molecule has 0 bridgehead atoms. The number of likely N-dealkylation sites (tertiary alicyclic amines) is 1. The molecule has 2 aromatic rings. The quantitative estimate of drug-likeness (QED) is 0.936. The van der Waals surface area contributed by atoms with E-state index < -0.39 is 6.10 Å². The number of aliphatic hydroxyl groups excluding tert-OH is 1. The highest BCUT2D eigenvalue weighted by Crippen LogP contribution is 2.30. The molecule has 3 rings (SSSR count). The van der Waals surface area contributed by atoms with Crippen LogP contribution in [0.3, 0.4) is 0 Å². The van der Waals surface area contributed by atoms with Crippen LogP contribution in [0.4, 0.5) is 0 Å². The molecule has 1 saturated heterocycles. The summed E-state index contributed by atoms with van der Waals surface area (Å²) in [6, 6.07) is 3.86. The van der Waals surface area contributed by atoms with Gasteiger partial charge < -0.3 is 14.5 Å². The minimum Gasteiger partial charge on any atom is -0.387 e. The van der Waals surface area contributed by atoms with Crippen molar-refractivity contribution in [2.45, 2.75) is 38.3 Å². The number of hydrogen-bond donors (Lipinski definition) is 1. The van der Waals surface area contributed by atoms with Gasteiger partial charge in [0.05, 0.1) is 6.10 Å². The van der Waals surface area contributed by atoms with E-state index in [1.54, 1.807) is 11.8 Å². The Kier molecular flexibility index (Phi) is 4.03. The first-order valence-corrected chi connectivity index (χ1v) is 7.86. The summed E-state index contributed by atoms with van der Waals surface area (Å²) in [4.78, 5) is 19.1. The summed E-state index contributed by atoms with van der Waals surface area (Å²) in [6.45, 7) is 2.33. The molecule has 1 aliphatic heterocycles. The van der Waals surface area contributed by atoms with Gasteiger partial charge in [0.1, 0.15) is 0 Å². The molecule has 112 valence electrons. The lowest BCUT2D eigenvalue weighted by atomic mass is 10.1. The van der Waals surface area contributed by atoms with Crippen LogP contribution in [0.25, 0.3) is 0 Å². The predicted molar refractivity (Wildman–Crippen MR) is 77.0 cm³/mol. The van der Waals surface area contributed by atoms with Crippen LogP contribution in [0.2, 0.25) is 0 Å². The number of rotatable bonds is 4. The molecule has 6 nitrogen and oxygen atoms in total. The number of aliphatic hydroxyl groups is 1. The standard InChI is InChI=1S/C14H17N3O3S/c1-9-15-13(16-20-9)14(19)17-6-2-4-10(17)8-11(18)12-5-3-7-21-12/h3,5,7,10-11,18H,2,4,6,8H2,1H3/t10-,11-/m0/s1. The molecule has 0 spiro atoms. The van der Waals surface area contributed by atoms with Crippen LogP contribution in [0, 0.1) is 6.92 Å². The lowest BCUT2D eigenvalue weighted by Crippen LogP contribution is -2.37. The molecule has 0 aliphatic carbocycles. The molecule has 0 saturated carbocycles. The van der Waals surface area contributed by atoms with E-state index in [1.165, 1.54) is 11.3 Å². The predicted octanol–water partition coefficient (Wildman–Crippen LogP) is 2.17. The summed E-state index contributed by atoms with van der Waals surface area (Å²) >= 11 is 1.53. The van der Waals surface area contributed by atoms with Crippen LogP contribution in [0.1, 0.15) is 46.8 Å². The smallest absolute Gasteiger partial charge is 0.295 e. The number of thiophene rings is 1. The Labute approximate surface area is 126 Å². The van der Waals surface area contributed by atoms with Gasteiger partial charge in [-0.3, -0.25) is 4.79 Å². The molecule has 1 fully saturated rings. The highest BCUT2D eigenvalue weighted by molar-refractivity contribution is 7.10. The van der Waals surface area contributed by atoms with Gasteiger partial charge in [-0.05, 0) is 30.7 Å². The Morgan fingerprint density at radius 2 is 2.52 bits per heavy atom. The molecule has 1 N–H and O–H groups in total. The van der Waals surface area contributed by atoms with E-state index >= 15 is 0 Å². The number of aryl methyl sites for hydroxylation is 1. The summed E-state index contributed by atoms with van der Waals surface area (Å²) in [7, 11) is 0. The van der Waals surface area contributed by atoms with Gasteiger partial charge >= 0.3 is 0 Å². The average Bonchev–Trinajstić information content (AvgIpc) is 3.18. The SMILES string of the molecule is Cc1nc(C(=O)N2CCC[C@H]2C[C@H](O)c2cccs2)no1. The van der Waals surface area contributed by atoms with Gasteiger partial charge in [0, 0.05) is 24.4 Å². The molecule has 0 aromatic carbocycles. The van der Waals surface area contributed by atoms with Crippen molar-refractivity contribution in [3.05, 3.63) is 34.1 Å². The van der Waals surface area contributed by atoms with Crippen molar-refractivity contribution >= 4 is 17.2 Å². The largest absolute Gasteiger partial charge is 0.387 e. The second-order valence-electron chi connectivity index (χ2n) is 5.20. The van der Waals surface area contributed by atoms with Gasteiger partial charge in [0.25, 0.3) is 11.7 Å². The van der Waals surface area contributed by atoms with E-state index in [4.69, 9.17) is 4.52 Å². The maximum atomic E-state index is 12.4. The number of nitrogens with zero attached hydrogens (tertiary/aromatic N) is 3. The van der Waals surface area contributed by atoms with Crippen molar-refractivity contribution in [2.24, 2.45) is 0 Å². The Balaban J connectivity index is 1.69. The van der Waals surface area contributed by atoms with E-state index in [1.807, 2.05) is 17.5 Å². The van der Waals surface area contributed by atoms with Gasteiger partial charge in [-0.2, -0.15) is 4.98 Å². The number of aromatic nitrogens is 2. The van der Waals surface area contributed by atoms with Gasteiger partial charge in [0.15, 0.2) is 0 Å². The van der Waals surface area contributed by atoms with E-state index in [2.05, 4.69) is 10.1 Å². The van der Waals surface area contributed by atoms with Crippen molar-refractivity contribution in [3.8, 4) is 0 Å². The van der Waals surface area contributed by atoms with Crippen LogP contribution in [-0.4, -0.2) is 38.6 Å². The summed E-state index contributed by atoms with van der Waals surface area (Å²) in [5.74, 6) is 0.269. The van der Waals surface area contributed by atoms with Crippen molar-refractivity contribution in [2.75, 3.05) is 6.54 Å². The minimum absolute atomic E-state index is 0.0217. The Morgan fingerprint density at radius 1 is 1.67 bits per heavy atom. The van der Waals surface area contributed by atoms with Gasteiger partial charge in [-0.15, -0.1) is 11.3 Å². The summed E-state index contributed by atoms with van der Waals surface area (Å²) in [5.41, 5.74) is 0. The minimum atomic E-state index is -0.532. The maximum absolute atomic E-state index is 12.4. The lowest BCUT2D eigenvalue weighted by Gasteiger charge is -2.25. The van der Waals surface area contributed by atoms with E-state index in [-0.39, 0.29) is 17.8 Å². The van der Waals surface area contributed by atoms with Gasteiger partial charge in [-0.25, -0.2) is 0 Å². The van der Waals surface area contributed by atoms with Crippen LogP contribution in [0.5, 0.6) is 0 Å². The number of hydrogen-bond acceptors (Lipinski definition) is 6. The molecule has 7 heteroatoms. The molecule has 21 heavy (non-hydrogen) atoms. The average molecular weight is 307 g/mol. The third-order valence-corrected chi connectivity index (χ3v) is 4.70. The Morgan fingerprint density at radius 3 is 3.19 bits per heavy atom. The molecular formula is C14H17N3O3S. The Bertz CT molecular complexity index is 611. The van der Waals surface area contributed by atoms with Crippen molar-refractivity contribution in [3.63, 3.8) is 0 Å². The molecule has 1 aliphatic rings. The first-order valence-electron chi connectivity index (χ1n) is 6.98. The zero-order valence-corrected chi connectivity index (χ0v) is 12.5. The molecule has 2 atom stereocenters. The number of carbonyl (C=O) groups excluding carboxylic acids is 1. The maximum Gasteiger partial charge on any atom is 0.295 e. The van der Waals surface area contributed by atoms with E-state index in [0.29, 0.717) is 18.9 Å². The van der Waals surface area contributed by atoms with Crippen molar-refractivity contribution in [1.82, 2.24) is 15.0 Å². The third-order valence-electron chi connectivity index (χ3n) is 3.72. The molecular weight excluding hydrogens is 290 g/mol. The van der Waals surface area contributed by atoms with E-state index in [9.17, 15) is 9.90 Å². The fraction of sp³-hybridized carbons (Fsp3) is 0.500. The van der Waals surface area contributed by atoms with Gasteiger partial charge in [-0.1, -0.05) is 11.2 Å². The molecule has 3 heterocycles. The van der Waals surface area contributed by atoms with Crippen molar-refractivity contribution < 1.29 is 14.4 Å². The highest BCUT2D eigenvalue weighted by atomic mass is 32.1. The fourth-order valence-electron chi connectivity index (χ4n) is 2.72. The first-order chi connectivity index (χ1) is 10.1. The molecule has 0 unspecified atom stereocenters. The fourth-order valence-corrected chi connectivity index (χ4v) is 3.44. The highest BCUT2D eigenvalue weighted by Gasteiger charge is 2.33. The monoisotopic (exact) mass is 307 g/mol. The van der Waals surface area contributed by atoms with Crippen LogP contribution in [0.15, 0.2) is 22.0 Å². The summed E-state index contributed by atoms with van der Waals surface area (Å²) < 4.78 is 4.86. The first kappa shape index (κ1) is 14.2. The molecule has 0 radical (unpaired) electrons. The number of carbonyl (C=O) groups is 1. The number of amides is 1. The normalized spacial score (nSPS) is 19.9. The van der Waals surface area contributed by atoms with Crippen LogP contribution < -0.4 is 0 Å². The van der Waals surface area contributed by atoms with Crippen LogP contribution in [-0.2, 0) is 0 Å².